The Morgan fingerprint density at radius 1 is 1.00 bits per heavy atom. The predicted octanol–water partition coefficient (Wildman–Crippen LogP) is 2.17. The zero-order chi connectivity index (χ0) is 6.10. The average Bonchev–Trinajstić information content (AvgIpc) is 2.33. The molecule has 0 bridgehead atoms. The van der Waals surface area contributed by atoms with Crippen molar-refractivity contribution in [3.8, 4) is 0 Å². The van der Waals surface area contributed by atoms with E-state index in [1.165, 1.54) is 10.9 Å². The van der Waals surface area contributed by atoms with Crippen molar-refractivity contribution in [2.45, 2.75) is 0 Å². The minimum atomic E-state index is 0. The standard InChI is InChI=1S/C8H7N.Au/c1-2-4-8-7(3-1)5-6-9-8;/h1-6,9H;/q;+1. The molecule has 0 amide bonds. The number of aromatic amines is 1. The van der Waals surface area contributed by atoms with Crippen LogP contribution in [0.15, 0.2) is 36.5 Å². The Morgan fingerprint density at radius 2 is 1.80 bits per heavy atom. The fourth-order valence-corrected chi connectivity index (χ4v) is 0.995. The van der Waals surface area contributed by atoms with Crippen LogP contribution < -0.4 is 0 Å². The molecule has 0 aliphatic carbocycles. The summed E-state index contributed by atoms with van der Waals surface area (Å²) < 4.78 is 0. The van der Waals surface area contributed by atoms with Crippen molar-refractivity contribution in [3.05, 3.63) is 36.5 Å². The molecular formula is C8H7AuN+. The first-order valence-corrected chi connectivity index (χ1v) is 2.99. The number of hydrogen-bond acceptors (Lipinski definition) is 0. The van der Waals surface area contributed by atoms with Crippen molar-refractivity contribution in [1.82, 2.24) is 4.98 Å². The number of para-hydroxylation sites is 1. The number of hydrogen-bond donors (Lipinski definition) is 1. The third-order valence-corrected chi connectivity index (χ3v) is 1.46. The Labute approximate surface area is 75.0 Å². The topological polar surface area (TPSA) is 15.8 Å². The van der Waals surface area contributed by atoms with Crippen molar-refractivity contribution < 1.29 is 22.4 Å². The molecule has 1 nitrogen and oxygen atoms in total. The molecule has 2 aromatic rings. The number of rotatable bonds is 0. The van der Waals surface area contributed by atoms with Gasteiger partial charge in [-0.1, -0.05) is 18.2 Å². The summed E-state index contributed by atoms with van der Waals surface area (Å²) in [5.41, 5.74) is 1.21. The molecule has 0 aliphatic rings. The molecule has 10 heavy (non-hydrogen) atoms. The van der Waals surface area contributed by atoms with Crippen molar-refractivity contribution in [2.75, 3.05) is 0 Å². The van der Waals surface area contributed by atoms with Gasteiger partial charge in [0.2, 0.25) is 0 Å². The number of fused-ring (bicyclic) bond motifs is 1. The van der Waals surface area contributed by atoms with Gasteiger partial charge in [0.05, 0.1) is 0 Å². The van der Waals surface area contributed by atoms with E-state index >= 15 is 0 Å². The number of H-pyrrole nitrogens is 1. The molecule has 2 heteroatoms. The maximum absolute atomic E-state index is 3.12. The van der Waals surface area contributed by atoms with Crippen LogP contribution in [0.1, 0.15) is 0 Å². The normalized spacial score (nSPS) is 9.20. The van der Waals surface area contributed by atoms with E-state index in [2.05, 4.69) is 23.2 Å². The van der Waals surface area contributed by atoms with E-state index in [1.54, 1.807) is 0 Å². The predicted molar refractivity (Wildman–Crippen MR) is 38.3 cm³/mol. The Kier molecular flexibility index (Phi) is 2.33. The van der Waals surface area contributed by atoms with Crippen LogP contribution >= 0.6 is 0 Å². The van der Waals surface area contributed by atoms with Gasteiger partial charge in [-0.2, -0.15) is 0 Å². The largest absolute Gasteiger partial charge is 1.00 e. The second-order valence-corrected chi connectivity index (χ2v) is 2.06. The number of benzene rings is 1. The monoisotopic (exact) mass is 314 g/mol. The van der Waals surface area contributed by atoms with Crippen molar-refractivity contribution in [1.29, 1.82) is 0 Å². The smallest absolute Gasteiger partial charge is 0.361 e. The van der Waals surface area contributed by atoms with Crippen molar-refractivity contribution in [3.63, 3.8) is 0 Å². The Balaban J connectivity index is 0.000000500. The Morgan fingerprint density at radius 3 is 2.60 bits per heavy atom. The van der Waals surface area contributed by atoms with Crippen LogP contribution in [-0.4, -0.2) is 4.98 Å². The van der Waals surface area contributed by atoms with Crippen LogP contribution in [-0.2, 0) is 22.4 Å². The van der Waals surface area contributed by atoms with Crippen LogP contribution in [0.3, 0.4) is 0 Å². The van der Waals surface area contributed by atoms with Crippen molar-refractivity contribution in [2.24, 2.45) is 0 Å². The minimum Gasteiger partial charge on any atom is -0.361 e. The van der Waals surface area contributed by atoms with E-state index in [4.69, 9.17) is 0 Å². The molecule has 1 aromatic carbocycles. The summed E-state index contributed by atoms with van der Waals surface area (Å²) in [7, 11) is 0. The zero-order valence-corrected chi connectivity index (χ0v) is 7.43. The van der Waals surface area contributed by atoms with E-state index in [-0.39, 0.29) is 22.4 Å². The summed E-state index contributed by atoms with van der Waals surface area (Å²) in [5, 5.41) is 1.28. The SMILES string of the molecule is [Au+].c1ccc2[nH]ccc2c1. The molecule has 0 saturated carbocycles. The van der Waals surface area contributed by atoms with Crippen LogP contribution in [0.4, 0.5) is 0 Å². The maximum atomic E-state index is 3.12. The van der Waals surface area contributed by atoms with Crippen molar-refractivity contribution >= 4 is 10.9 Å². The van der Waals surface area contributed by atoms with Gasteiger partial charge in [0.25, 0.3) is 0 Å². The molecule has 0 spiro atoms. The molecule has 2 rings (SSSR count). The Hall–Kier alpha value is -0.500. The maximum Gasteiger partial charge on any atom is 1.00 e. The van der Waals surface area contributed by atoms with Gasteiger partial charge in [0.15, 0.2) is 0 Å². The van der Waals surface area contributed by atoms with Crippen LogP contribution in [0.5, 0.6) is 0 Å². The minimum absolute atomic E-state index is 0. The number of aromatic nitrogens is 1. The summed E-state index contributed by atoms with van der Waals surface area (Å²) >= 11 is 0. The van der Waals surface area contributed by atoms with Gasteiger partial charge in [-0.25, -0.2) is 0 Å². The summed E-state index contributed by atoms with van der Waals surface area (Å²) in [6.07, 6.45) is 1.95. The molecule has 0 saturated heterocycles. The molecule has 1 heterocycles. The second-order valence-electron chi connectivity index (χ2n) is 2.06. The molecule has 0 unspecified atom stereocenters. The van der Waals surface area contributed by atoms with E-state index in [9.17, 15) is 0 Å². The van der Waals surface area contributed by atoms with E-state index in [1.807, 2.05) is 18.3 Å². The first-order chi connectivity index (χ1) is 4.47. The van der Waals surface area contributed by atoms with Gasteiger partial charge < -0.3 is 4.98 Å². The number of nitrogens with one attached hydrogen (secondary N) is 1. The fourth-order valence-electron chi connectivity index (χ4n) is 0.995. The van der Waals surface area contributed by atoms with Crippen LogP contribution in [0.25, 0.3) is 10.9 Å². The van der Waals surface area contributed by atoms with Gasteiger partial charge >= 0.3 is 22.4 Å². The third kappa shape index (κ3) is 1.16. The molecular weight excluding hydrogens is 307 g/mol. The first kappa shape index (κ1) is 7.61. The molecule has 0 radical (unpaired) electrons. The molecule has 1 N–H and O–H groups in total. The third-order valence-electron chi connectivity index (χ3n) is 1.46. The van der Waals surface area contributed by atoms with E-state index in [0.717, 1.165) is 0 Å². The summed E-state index contributed by atoms with van der Waals surface area (Å²) in [6.45, 7) is 0. The fraction of sp³-hybridized carbons (Fsp3) is 0. The first-order valence-electron chi connectivity index (χ1n) is 2.99. The van der Waals surface area contributed by atoms with Gasteiger partial charge in [-0.05, 0) is 17.5 Å². The van der Waals surface area contributed by atoms with Gasteiger partial charge in [0, 0.05) is 11.7 Å². The second kappa shape index (κ2) is 3.06. The summed E-state index contributed by atoms with van der Waals surface area (Å²) in [4.78, 5) is 3.12. The molecule has 0 fully saturated rings. The van der Waals surface area contributed by atoms with Gasteiger partial charge in [0.1, 0.15) is 0 Å². The summed E-state index contributed by atoms with van der Waals surface area (Å²) in [5.74, 6) is 0. The molecule has 0 aliphatic heterocycles. The van der Waals surface area contributed by atoms with Crippen LogP contribution in [0.2, 0.25) is 0 Å². The molecule has 0 atom stereocenters. The van der Waals surface area contributed by atoms with Gasteiger partial charge in [-0.3, -0.25) is 0 Å². The quantitative estimate of drug-likeness (QED) is 0.718. The van der Waals surface area contributed by atoms with Gasteiger partial charge in [-0.15, -0.1) is 0 Å². The Bertz CT molecular complexity index is 283. The molecule has 1 aromatic heterocycles. The van der Waals surface area contributed by atoms with Crippen LogP contribution in [0, 0.1) is 0 Å². The average molecular weight is 314 g/mol. The zero-order valence-electron chi connectivity index (χ0n) is 5.27. The molecule has 54 valence electrons. The van der Waals surface area contributed by atoms with E-state index in [0.29, 0.717) is 0 Å². The van der Waals surface area contributed by atoms with E-state index < -0.39 is 0 Å². The summed E-state index contributed by atoms with van der Waals surface area (Å²) in [6, 6.07) is 10.3.